The van der Waals surface area contributed by atoms with Gasteiger partial charge >= 0.3 is 0 Å². The number of methoxy groups -OCH3 is 2. The molecule has 4 rings (SSSR count). The Morgan fingerprint density at radius 3 is 2.43 bits per heavy atom. The quantitative estimate of drug-likeness (QED) is 0.742. The van der Waals surface area contributed by atoms with Gasteiger partial charge in [-0.05, 0) is 30.3 Å². The summed E-state index contributed by atoms with van der Waals surface area (Å²) in [7, 11) is 3.14. The summed E-state index contributed by atoms with van der Waals surface area (Å²) in [6.45, 7) is 1.77. The number of hydrogen-bond acceptors (Lipinski definition) is 7. The fourth-order valence-corrected chi connectivity index (χ4v) is 3.59. The standard InChI is InChI=1S/C21H23N3O6/c1-27-16-6-5-14(12-18(16)28-2)15-13-19(30-22-15)21(26)24-9-7-23(8-10-24)20(25)17-4-3-11-29-17/h3-6,11-12,19H,7-10,13H2,1-2H3/t19-/m0/s1. The highest BCUT2D eigenvalue weighted by Crippen LogP contribution is 2.29. The maximum Gasteiger partial charge on any atom is 0.289 e. The molecule has 0 N–H and O–H groups in total. The van der Waals surface area contributed by atoms with Crippen LogP contribution in [0.2, 0.25) is 0 Å². The summed E-state index contributed by atoms with van der Waals surface area (Å²) in [6.07, 6.45) is 1.18. The lowest BCUT2D eigenvalue weighted by Crippen LogP contribution is -2.52. The van der Waals surface area contributed by atoms with Crippen molar-refractivity contribution < 1.29 is 28.3 Å². The molecule has 2 aliphatic heterocycles. The van der Waals surface area contributed by atoms with E-state index in [9.17, 15) is 9.59 Å². The van der Waals surface area contributed by atoms with Gasteiger partial charge in [-0.15, -0.1) is 0 Å². The van der Waals surface area contributed by atoms with E-state index in [1.165, 1.54) is 6.26 Å². The summed E-state index contributed by atoms with van der Waals surface area (Å²) in [5, 5.41) is 4.11. The van der Waals surface area contributed by atoms with E-state index in [0.717, 1.165) is 5.56 Å². The minimum Gasteiger partial charge on any atom is -0.493 e. The Kier molecular flexibility index (Phi) is 5.60. The number of carbonyl (C=O) groups excluding carboxylic acids is 2. The number of nitrogens with zero attached hydrogens (tertiary/aromatic N) is 3. The Hall–Kier alpha value is -3.49. The van der Waals surface area contributed by atoms with Gasteiger partial charge in [-0.3, -0.25) is 9.59 Å². The highest BCUT2D eigenvalue weighted by molar-refractivity contribution is 6.04. The van der Waals surface area contributed by atoms with E-state index in [0.29, 0.717) is 55.6 Å². The summed E-state index contributed by atoms with van der Waals surface area (Å²) in [4.78, 5) is 34.0. The number of rotatable bonds is 5. The highest BCUT2D eigenvalue weighted by Gasteiger charge is 2.35. The zero-order chi connectivity index (χ0) is 21.1. The van der Waals surface area contributed by atoms with Gasteiger partial charge in [0.05, 0.1) is 26.2 Å². The van der Waals surface area contributed by atoms with Crippen molar-refractivity contribution in [2.75, 3.05) is 40.4 Å². The van der Waals surface area contributed by atoms with Crippen molar-refractivity contribution in [3.8, 4) is 11.5 Å². The zero-order valence-electron chi connectivity index (χ0n) is 16.9. The van der Waals surface area contributed by atoms with Gasteiger partial charge in [0.1, 0.15) is 0 Å². The normalized spacial score (nSPS) is 18.6. The van der Waals surface area contributed by atoms with Gasteiger partial charge < -0.3 is 28.5 Å². The molecule has 1 aromatic carbocycles. The van der Waals surface area contributed by atoms with Gasteiger partial charge in [-0.25, -0.2) is 0 Å². The van der Waals surface area contributed by atoms with Crippen molar-refractivity contribution in [3.63, 3.8) is 0 Å². The number of benzene rings is 1. The fourth-order valence-electron chi connectivity index (χ4n) is 3.59. The molecule has 2 aromatic rings. The molecule has 0 bridgehead atoms. The molecule has 2 amide bonds. The largest absolute Gasteiger partial charge is 0.493 e. The summed E-state index contributed by atoms with van der Waals surface area (Å²) >= 11 is 0. The number of carbonyl (C=O) groups is 2. The predicted octanol–water partition coefficient (Wildman–Crippen LogP) is 1.77. The second-order valence-electron chi connectivity index (χ2n) is 7.00. The smallest absolute Gasteiger partial charge is 0.289 e. The van der Waals surface area contributed by atoms with Crippen LogP contribution < -0.4 is 9.47 Å². The van der Waals surface area contributed by atoms with Crippen LogP contribution >= 0.6 is 0 Å². The minimum absolute atomic E-state index is 0.126. The molecule has 158 valence electrons. The monoisotopic (exact) mass is 413 g/mol. The molecule has 0 aliphatic carbocycles. The van der Waals surface area contributed by atoms with Crippen LogP contribution in [0.1, 0.15) is 22.5 Å². The van der Waals surface area contributed by atoms with Crippen LogP contribution in [0.4, 0.5) is 0 Å². The SMILES string of the molecule is COc1ccc(C2=NO[C@H](C(=O)N3CCN(C(=O)c4ccco4)CC3)C2)cc1OC. The van der Waals surface area contributed by atoms with E-state index >= 15 is 0 Å². The topological polar surface area (TPSA) is 93.8 Å². The fraction of sp³-hybridized carbons (Fsp3) is 0.381. The van der Waals surface area contributed by atoms with Gasteiger partial charge in [-0.1, -0.05) is 5.16 Å². The van der Waals surface area contributed by atoms with E-state index in [2.05, 4.69) is 5.16 Å². The molecule has 1 atom stereocenters. The van der Waals surface area contributed by atoms with Crippen molar-refractivity contribution in [1.29, 1.82) is 0 Å². The molecule has 1 fully saturated rings. The van der Waals surface area contributed by atoms with Crippen LogP contribution in [0.25, 0.3) is 0 Å². The molecule has 1 saturated heterocycles. The Morgan fingerprint density at radius 1 is 1.03 bits per heavy atom. The molecule has 0 radical (unpaired) electrons. The lowest BCUT2D eigenvalue weighted by atomic mass is 10.0. The molecule has 0 spiro atoms. The molecule has 0 unspecified atom stereocenters. The Bertz CT molecular complexity index is 948. The van der Waals surface area contributed by atoms with Gasteiger partial charge in [0.25, 0.3) is 11.8 Å². The van der Waals surface area contributed by atoms with E-state index in [1.807, 2.05) is 12.1 Å². The van der Waals surface area contributed by atoms with Crippen molar-refractivity contribution in [3.05, 3.63) is 47.9 Å². The maximum absolute atomic E-state index is 12.9. The third-order valence-electron chi connectivity index (χ3n) is 5.27. The zero-order valence-corrected chi connectivity index (χ0v) is 16.9. The molecular weight excluding hydrogens is 390 g/mol. The summed E-state index contributed by atoms with van der Waals surface area (Å²) < 4.78 is 15.7. The summed E-state index contributed by atoms with van der Waals surface area (Å²) in [6, 6.07) is 8.78. The van der Waals surface area contributed by atoms with E-state index in [-0.39, 0.29) is 11.8 Å². The Morgan fingerprint density at radius 2 is 1.77 bits per heavy atom. The van der Waals surface area contributed by atoms with Crippen molar-refractivity contribution >= 4 is 17.5 Å². The van der Waals surface area contributed by atoms with Crippen LogP contribution in [-0.4, -0.2) is 73.8 Å². The number of piperazine rings is 1. The van der Waals surface area contributed by atoms with E-state index < -0.39 is 6.10 Å². The third kappa shape index (κ3) is 3.83. The van der Waals surface area contributed by atoms with Crippen LogP contribution in [0.15, 0.2) is 46.2 Å². The number of hydrogen-bond donors (Lipinski definition) is 0. The first-order chi connectivity index (χ1) is 14.6. The first-order valence-electron chi connectivity index (χ1n) is 9.67. The number of oxime groups is 1. The minimum atomic E-state index is -0.666. The molecule has 0 saturated carbocycles. The molecule has 1 aromatic heterocycles. The van der Waals surface area contributed by atoms with Crippen molar-refractivity contribution in [2.24, 2.45) is 5.16 Å². The van der Waals surface area contributed by atoms with Gasteiger partial charge in [0, 0.05) is 38.2 Å². The molecule has 30 heavy (non-hydrogen) atoms. The lowest BCUT2D eigenvalue weighted by molar-refractivity contribution is -0.143. The lowest BCUT2D eigenvalue weighted by Gasteiger charge is -2.35. The average molecular weight is 413 g/mol. The van der Waals surface area contributed by atoms with Gasteiger partial charge in [0.2, 0.25) is 6.10 Å². The second kappa shape index (κ2) is 8.48. The molecule has 9 nitrogen and oxygen atoms in total. The Labute approximate surface area is 173 Å². The van der Waals surface area contributed by atoms with E-state index in [4.69, 9.17) is 18.7 Å². The number of ether oxygens (including phenoxy) is 2. The first kappa shape index (κ1) is 19.8. The number of amides is 2. The first-order valence-corrected chi connectivity index (χ1v) is 9.67. The molecule has 3 heterocycles. The van der Waals surface area contributed by atoms with E-state index in [1.54, 1.807) is 42.2 Å². The van der Waals surface area contributed by atoms with Gasteiger partial charge in [-0.2, -0.15) is 0 Å². The molecule has 2 aliphatic rings. The Balaban J connectivity index is 1.33. The van der Waals surface area contributed by atoms with Gasteiger partial charge in [0.15, 0.2) is 17.3 Å². The van der Waals surface area contributed by atoms with Crippen LogP contribution in [-0.2, 0) is 9.63 Å². The predicted molar refractivity (Wildman–Crippen MR) is 107 cm³/mol. The highest BCUT2D eigenvalue weighted by atomic mass is 16.6. The summed E-state index contributed by atoms with van der Waals surface area (Å²) in [5.74, 6) is 1.23. The van der Waals surface area contributed by atoms with Crippen LogP contribution in [0.5, 0.6) is 11.5 Å². The van der Waals surface area contributed by atoms with Crippen LogP contribution in [0.3, 0.4) is 0 Å². The average Bonchev–Trinajstić information content (AvgIpc) is 3.50. The maximum atomic E-state index is 12.9. The number of furan rings is 1. The summed E-state index contributed by atoms with van der Waals surface area (Å²) in [5.41, 5.74) is 1.50. The van der Waals surface area contributed by atoms with Crippen LogP contribution in [0, 0.1) is 0 Å². The molecular formula is C21H23N3O6. The van der Waals surface area contributed by atoms with Crippen molar-refractivity contribution in [1.82, 2.24) is 9.80 Å². The second-order valence-corrected chi connectivity index (χ2v) is 7.00. The third-order valence-corrected chi connectivity index (χ3v) is 5.27. The molecule has 9 heteroatoms. The van der Waals surface area contributed by atoms with Crippen molar-refractivity contribution in [2.45, 2.75) is 12.5 Å².